The number of hydrogen-bond donors (Lipinski definition) is 1. The Bertz CT molecular complexity index is 765. The first kappa shape index (κ1) is 15.9. The number of fused-ring (bicyclic) bond motifs is 1. The highest BCUT2D eigenvalue weighted by molar-refractivity contribution is 5.73. The number of carboxylic acid groups (broad SMARTS) is 1. The van der Waals surface area contributed by atoms with Crippen molar-refractivity contribution in [2.24, 2.45) is 0 Å². The first-order valence-electron chi connectivity index (χ1n) is 8.52. The molecule has 0 saturated carbocycles. The summed E-state index contributed by atoms with van der Waals surface area (Å²) in [6, 6.07) is 9.10. The average molecular weight is 340 g/mol. The third-order valence-electron chi connectivity index (χ3n) is 4.90. The van der Waals surface area contributed by atoms with Gasteiger partial charge in [-0.25, -0.2) is 0 Å². The van der Waals surface area contributed by atoms with E-state index in [1.807, 2.05) is 30.3 Å². The number of rotatable bonds is 4. The van der Waals surface area contributed by atoms with Crippen LogP contribution in [0.4, 0.5) is 0 Å². The summed E-state index contributed by atoms with van der Waals surface area (Å²) < 4.78 is 10.9. The number of hydrogen-bond acceptors (Lipinski definition) is 5. The molecule has 1 saturated heterocycles. The van der Waals surface area contributed by atoms with E-state index in [2.05, 4.69) is 9.88 Å². The van der Waals surface area contributed by atoms with Gasteiger partial charge in [0.25, 0.3) is 0 Å². The quantitative estimate of drug-likeness (QED) is 0.923. The Morgan fingerprint density at radius 1 is 1.12 bits per heavy atom. The first-order chi connectivity index (χ1) is 12.2. The summed E-state index contributed by atoms with van der Waals surface area (Å²) in [6.45, 7) is 0.971. The van der Waals surface area contributed by atoms with Gasteiger partial charge >= 0.3 is 5.97 Å². The van der Waals surface area contributed by atoms with E-state index in [-0.39, 0.29) is 12.8 Å². The Morgan fingerprint density at radius 2 is 1.92 bits per heavy atom. The minimum absolute atomic E-state index is 0.154. The Hall–Kier alpha value is -2.60. The smallest absolute Gasteiger partial charge is 0.320 e. The SMILES string of the molecule is O=C(O)C1CCCCN1C(c1ccncc1)c1ccc2c(c1)OCO2. The maximum absolute atomic E-state index is 11.8. The van der Waals surface area contributed by atoms with E-state index in [1.165, 1.54) is 0 Å². The van der Waals surface area contributed by atoms with Crippen molar-refractivity contribution in [1.82, 2.24) is 9.88 Å². The number of carbonyl (C=O) groups is 1. The lowest BCUT2D eigenvalue weighted by Crippen LogP contribution is -2.46. The van der Waals surface area contributed by atoms with Gasteiger partial charge in [-0.1, -0.05) is 12.5 Å². The third-order valence-corrected chi connectivity index (χ3v) is 4.90. The van der Waals surface area contributed by atoms with Crippen molar-refractivity contribution >= 4 is 5.97 Å². The van der Waals surface area contributed by atoms with Gasteiger partial charge in [0.05, 0.1) is 6.04 Å². The lowest BCUT2D eigenvalue weighted by Gasteiger charge is -2.39. The van der Waals surface area contributed by atoms with Gasteiger partial charge in [0.1, 0.15) is 6.04 Å². The molecule has 2 aromatic rings. The molecular formula is C19H20N2O4. The Balaban J connectivity index is 1.78. The van der Waals surface area contributed by atoms with Crippen molar-refractivity contribution in [3.8, 4) is 11.5 Å². The topological polar surface area (TPSA) is 71.9 Å². The number of piperidine rings is 1. The van der Waals surface area contributed by atoms with Crippen molar-refractivity contribution in [2.45, 2.75) is 31.3 Å². The molecule has 0 aliphatic carbocycles. The maximum Gasteiger partial charge on any atom is 0.320 e. The number of likely N-dealkylation sites (tertiary alicyclic amines) is 1. The number of aliphatic carboxylic acids is 1. The van der Waals surface area contributed by atoms with Crippen LogP contribution in [0.1, 0.15) is 36.4 Å². The molecule has 2 atom stereocenters. The third kappa shape index (κ3) is 3.05. The largest absolute Gasteiger partial charge is 0.480 e. The van der Waals surface area contributed by atoms with E-state index < -0.39 is 12.0 Å². The zero-order valence-electron chi connectivity index (χ0n) is 13.8. The van der Waals surface area contributed by atoms with Gasteiger partial charge in [-0.05, 0) is 54.8 Å². The fourth-order valence-electron chi connectivity index (χ4n) is 3.73. The predicted octanol–water partition coefficient (Wildman–Crippen LogP) is 2.84. The fraction of sp³-hybridized carbons (Fsp3) is 0.368. The highest BCUT2D eigenvalue weighted by atomic mass is 16.7. The summed E-state index contributed by atoms with van der Waals surface area (Å²) in [5.74, 6) is 0.672. The van der Waals surface area contributed by atoms with Crippen LogP contribution >= 0.6 is 0 Å². The van der Waals surface area contributed by atoms with E-state index in [0.29, 0.717) is 12.2 Å². The van der Waals surface area contributed by atoms with E-state index >= 15 is 0 Å². The minimum atomic E-state index is -0.764. The Kier molecular flexibility index (Phi) is 4.28. The van der Waals surface area contributed by atoms with Crippen LogP contribution in [0, 0.1) is 0 Å². The second-order valence-electron chi connectivity index (χ2n) is 6.38. The summed E-state index contributed by atoms with van der Waals surface area (Å²) in [5, 5.41) is 9.71. The minimum Gasteiger partial charge on any atom is -0.480 e. The van der Waals surface area contributed by atoms with Crippen molar-refractivity contribution in [1.29, 1.82) is 0 Å². The van der Waals surface area contributed by atoms with Gasteiger partial charge in [0, 0.05) is 12.4 Å². The molecule has 1 aromatic carbocycles. The molecule has 2 aliphatic rings. The lowest BCUT2D eigenvalue weighted by atomic mass is 9.92. The maximum atomic E-state index is 11.8. The van der Waals surface area contributed by atoms with Gasteiger partial charge in [0.15, 0.2) is 11.5 Å². The zero-order chi connectivity index (χ0) is 17.2. The van der Waals surface area contributed by atoms with E-state index in [4.69, 9.17) is 9.47 Å². The molecule has 1 N–H and O–H groups in total. The molecule has 0 bridgehead atoms. The summed E-state index contributed by atoms with van der Waals surface area (Å²) in [7, 11) is 0. The number of carboxylic acids is 1. The van der Waals surface area contributed by atoms with Crippen molar-refractivity contribution in [2.75, 3.05) is 13.3 Å². The molecule has 25 heavy (non-hydrogen) atoms. The number of pyridine rings is 1. The zero-order valence-corrected chi connectivity index (χ0v) is 13.8. The average Bonchev–Trinajstić information content (AvgIpc) is 3.11. The second kappa shape index (κ2) is 6.72. The van der Waals surface area contributed by atoms with Gasteiger partial charge in [-0.2, -0.15) is 0 Å². The molecule has 4 rings (SSSR count). The first-order valence-corrected chi connectivity index (χ1v) is 8.52. The number of aromatic nitrogens is 1. The fourth-order valence-corrected chi connectivity index (χ4v) is 3.73. The van der Waals surface area contributed by atoms with E-state index in [9.17, 15) is 9.90 Å². The molecule has 3 heterocycles. The van der Waals surface area contributed by atoms with Crippen LogP contribution in [-0.4, -0.2) is 40.3 Å². The van der Waals surface area contributed by atoms with Crippen molar-refractivity contribution in [3.63, 3.8) is 0 Å². The van der Waals surface area contributed by atoms with Crippen LogP contribution in [0.2, 0.25) is 0 Å². The summed E-state index contributed by atoms with van der Waals surface area (Å²) in [5.41, 5.74) is 2.03. The lowest BCUT2D eigenvalue weighted by molar-refractivity contribution is -0.145. The number of nitrogens with zero attached hydrogens (tertiary/aromatic N) is 2. The van der Waals surface area contributed by atoms with Crippen molar-refractivity contribution < 1.29 is 19.4 Å². The summed E-state index contributed by atoms with van der Waals surface area (Å²) in [6.07, 6.45) is 6.10. The molecule has 1 aromatic heterocycles. The van der Waals surface area contributed by atoms with Gasteiger partial charge in [-0.3, -0.25) is 14.7 Å². The molecule has 1 fully saturated rings. The molecule has 2 aliphatic heterocycles. The predicted molar refractivity (Wildman–Crippen MR) is 90.6 cm³/mol. The van der Waals surface area contributed by atoms with Gasteiger partial charge in [0.2, 0.25) is 6.79 Å². The molecule has 0 spiro atoms. The molecule has 130 valence electrons. The second-order valence-corrected chi connectivity index (χ2v) is 6.38. The Morgan fingerprint density at radius 3 is 2.72 bits per heavy atom. The molecule has 0 radical (unpaired) electrons. The number of benzene rings is 1. The molecular weight excluding hydrogens is 320 g/mol. The van der Waals surface area contributed by atoms with Crippen LogP contribution < -0.4 is 9.47 Å². The van der Waals surface area contributed by atoms with Crippen LogP contribution in [-0.2, 0) is 4.79 Å². The highest BCUT2D eigenvalue weighted by Gasteiger charge is 2.35. The van der Waals surface area contributed by atoms with Crippen molar-refractivity contribution in [3.05, 3.63) is 53.9 Å². The van der Waals surface area contributed by atoms with Crippen LogP contribution in [0.15, 0.2) is 42.7 Å². The molecule has 6 heteroatoms. The van der Waals surface area contributed by atoms with Crippen LogP contribution in [0.25, 0.3) is 0 Å². The molecule has 6 nitrogen and oxygen atoms in total. The van der Waals surface area contributed by atoms with Crippen LogP contribution in [0.5, 0.6) is 11.5 Å². The van der Waals surface area contributed by atoms with Gasteiger partial charge < -0.3 is 14.6 Å². The molecule has 0 amide bonds. The number of ether oxygens (including phenoxy) is 2. The normalized spacial score (nSPS) is 21.0. The van der Waals surface area contributed by atoms with Gasteiger partial charge in [-0.15, -0.1) is 0 Å². The molecule has 2 unspecified atom stereocenters. The standard InChI is InChI=1S/C19H20N2O4/c22-19(23)15-3-1-2-10-21(15)18(13-6-8-20-9-7-13)14-4-5-16-17(11-14)25-12-24-16/h4-9,11,15,18H,1-3,10,12H2,(H,22,23). The van der Waals surface area contributed by atoms with E-state index in [0.717, 1.165) is 36.3 Å². The highest BCUT2D eigenvalue weighted by Crippen LogP contribution is 2.39. The van der Waals surface area contributed by atoms with E-state index in [1.54, 1.807) is 12.4 Å². The monoisotopic (exact) mass is 340 g/mol. The summed E-state index contributed by atoms with van der Waals surface area (Å²) >= 11 is 0. The van der Waals surface area contributed by atoms with Crippen LogP contribution in [0.3, 0.4) is 0 Å². The Labute approximate surface area is 146 Å². The summed E-state index contributed by atoms with van der Waals surface area (Å²) in [4.78, 5) is 18.0.